The molecule has 8 nitrogen and oxygen atoms in total. The second kappa shape index (κ2) is 8.44. The van der Waals surface area contributed by atoms with Crippen LogP contribution in [0.3, 0.4) is 0 Å². The van der Waals surface area contributed by atoms with E-state index >= 15 is 0 Å². The second-order valence-electron chi connectivity index (χ2n) is 7.70. The Bertz CT molecular complexity index is 1430. The molecule has 0 aliphatic carbocycles. The standard InChI is InChI=1S/C22H18F3N2O6S/c1-12(33-34(2,30)31)19-11-27(21(29)32-19)14-8-7-13-9-18(26-20(28)16(13)10-14)15-5-3-4-6-17(15)22(23,24)25/h3-10,12,19H,1,11H2,2H3,(H,26,28)/t12-,19+/m1/s1. The molecule has 1 aliphatic heterocycles. The summed E-state index contributed by atoms with van der Waals surface area (Å²) in [6, 6.07) is 10.7. The second-order valence-corrected chi connectivity index (χ2v) is 9.30. The topological polar surface area (TPSA) is 106 Å². The van der Waals surface area contributed by atoms with Gasteiger partial charge in [-0.3, -0.25) is 13.9 Å². The van der Waals surface area contributed by atoms with Crippen LogP contribution in [0.1, 0.15) is 5.56 Å². The van der Waals surface area contributed by atoms with Gasteiger partial charge in [0, 0.05) is 22.3 Å². The van der Waals surface area contributed by atoms with E-state index in [4.69, 9.17) is 8.92 Å². The Morgan fingerprint density at radius 1 is 1.18 bits per heavy atom. The van der Waals surface area contributed by atoms with Crippen LogP contribution in [0.2, 0.25) is 0 Å². The van der Waals surface area contributed by atoms with Crippen LogP contribution in [0.4, 0.5) is 23.7 Å². The summed E-state index contributed by atoms with van der Waals surface area (Å²) in [4.78, 5) is 28.7. The molecule has 2 heterocycles. The van der Waals surface area contributed by atoms with Crippen LogP contribution in [-0.2, 0) is 25.2 Å². The maximum absolute atomic E-state index is 13.4. The highest BCUT2D eigenvalue weighted by molar-refractivity contribution is 7.86. The van der Waals surface area contributed by atoms with Crippen LogP contribution in [0, 0.1) is 6.92 Å². The Morgan fingerprint density at radius 3 is 2.56 bits per heavy atom. The summed E-state index contributed by atoms with van der Waals surface area (Å²) in [6.07, 6.45) is -6.70. The largest absolute Gasteiger partial charge is 0.441 e. The number of aromatic amines is 1. The molecule has 0 spiro atoms. The van der Waals surface area contributed by atoms with E-state index < -0.39 is 45.7 Å². The summed E-state index contributed by atoms with van der Waals surface area (Å²) < 4.78 is 72.7. The molecule has 0 saturated carbocycles. The number of rotatable bonds is 5. The van der Waals surface area contributed by atoms with Gasteiger partial charge in [-0.15, -0.1) is 0 Å². The molecule has 179 valence electrons. The number of halogens is 3. The number of fused-ring (bicyclic) bond motifs is 1. The summed E-state index contributed by atoms with van der Waals surface area (Å²) in [5.41, 5.74) is -1.43. The average Bonchev–Trinajstić information content (AvgIpc) is 3.13. The maximum Gasteiger partial charge on any atom is 0.417 e. The summed E-state index contributed by atoms with van der Waals surface area (Å²) in [5.74, 6) is 0. The lowest BCUT2D eigenvalue weighted by atomic mass is 10.0. The van der Waals surface area contributed by atoms with Gasteiger partial charge in [0.1, 0.15) is 12.2 Å². The number of hydrogen-bond acceptors (Lipinski definition) is 6. The number of nitrogens with zero attached hydrogens (tertiary/aromatic N) is 1. The van der Waals surface area contributed by atoms with E-state index in [-0.39, 0.29) is 28.9 Å². The zero-order valence-electron chi connectivity index (χ0n) is 17.6. The first kappa shape index (κ1) is 23.8. The Kier molecular flexibility index (Phi) is 5.90. The highest BCUT2D eigenvalue weighted by atomic mass is 32.2. The fourth-order valence-corrected chi connectivity index (χ4v) is 4.27. The Morgan fingerprint density at radius 2 is 1.88 bits per heavy atom. The van der Waals surface area contributed by atoms with Gasteiger partial charge in [0.25, 0.3) is 15.7 Å². The van der Waals surface area contributed by atoms with Crippen molar-refractivity contribution in [3.63, 3.8) is 0 Å². The molecule has 1 aliphatic rings. The molecule has 1 fully saturated rings. The number of pyridine rings is 1. The van der Waals surface area contributed by atoms with Crippen molar-refractivity contribution in [1.82, 2.24) is 4.98 Å². The third-order valence-electron chi connectivity index (χ3n) is 5.21. The molecule has 1 radical (unpaired) electrons. The minimum absolute atomic E-state index is 0.00311. The highest BCUT2D eigenvalue weighted by Gasteiger charge is 2.38. The van der Waals surface area contributed by atoms with Crippen LogP contribution in [0.15, 0.2) is 53.3 Å². The van der Waals surface area contributed by atoms with Crippen molar-refractivity contribution >= 4 is 32.7 Å². The van der Waals surface area contributed by atoms with Crippen LogP contribution in [-0.4, -0.2) is 44.5 Å². The van der Waals surface area contributed by atoms with Gasteiger partial charge in [0.15, 0.2) is 0 Å². The molecule has 0 unspecified atom stereocenters. The first-order valence-electron chi connectivity index (χ1n) is 9.86. The Balaban J connectivity index is 1.68. The van der Waals surface area contributed by atoms with Crippen molar-refractivity contribution in [3.05, 3.63) is 71.4 Å². The van der Waals surface area contributed by atoms with Crippen molar-refractivity contribution < 1.29 is 35.3 Å². The van der Waals surface area contributed by atoms with Crippen LogP contribution in [0.5, 0.6) is 0 Å². The van der Waals surface area contributed by atoms with Gasteiger partial charge < -0.3 is 9.72 Å². The SMILES string of the molecule is [CH2][C@@H](OS(C)(=O)=O)[C@@H]1CN(c2ccc3cc(-c4ccccc4C(F)(F)F)[nH]c(=O)c3c2)C(=O)O1. The molecule has 4 rings (SSSR count). The fourth-order valence-electron chi connectivity index (χ4n) is 3.70. The van der Waals surface area contributed by atoms with E-state index in [1.807, 2.05) is 0 Å². The summed E-state index contributed by atoms with van der Waals surface area (Å²) >= 11 is 0. The first-order chi connectivity index (χ1) is 15.8. The van der Waals surface area contributed by atoms with Crippen molar-refractivity contribution in [2.75, 3.05) is 17.7 Å². The van der Waals surface area contributed by atoms with Crippen molar-refractivity contribution in [3.8, 4) is 11.3 Å². The number of anilines is 1. The molecule has 2 aromatic carbocycles. The molecular formula is C22H18F3N2O6S. The van der Waals surface area contributed by atoms with Crippen molar-refractivity contribution in [2.45, 2.75) is 18.4 Å². The zero-order valence-corrected chi connectivity index (χ0v) is 18.4. The maximum atomic E-state index is 13.4. The van der Waals surface area contributed by atoms with Gasteiger partial charge >= 0.3 is 12.3 Å². The summed E-state index contributed by atoms with van der Waals surface area (Å²) in [6.45, 7) is 3.47. The minimum Gasteiger partial charge on any atom is -0.441 e. The molecule has 3 aromatic rings. The lowest BCUT2D eigenvalue weighted by Gasteiger charge is -2.17. The molecule has 1 aromatic heterocycles. The number of carbonyl (C=O) groups is 1. The average molecular weight is 495 g/mol. The van der Waals surface area contributed by atoms with Gasteiger partial charge in [-0.25, -0.2) is 4.79 Å². The van der Waals surface area contributed by atoms with Gasteiger partial charge in [-0.05, 0) is 36.6 Å². The van der Waals surface area contributed by atoms with E-state index in [1.165, 1.54) is 47.4 Å². The lowest BCUT2D eigenvalue weighted by molar-refractivity contribution is -0.137. The van der Waals surface area contributed by atoms with E-state index in [1.54, 1.807) is 0 Å². The van der Waals surface area contributed by atoms with E-state index in [0.29, 0.717) is 5.39 Å². The summed E-state index contributed by atoms with van der Waals surface area (Å²) in [7, 11) is -3.82. The normalized spacial score (nSPS) is 17.7. The van der Waals surface area contributed by atoms with Gasteiger partial charge in [-0.1, -0.05) is 24.3 Å². The van der Waals surface area contributed by atoms with Gasteiger partial charge in [0.2, 0.25) is 0 Å². The number of amides is 1. The quantitative estimate of drug-likeness (QED) is 0.541. The number of carbonyl (C=O) groups excluding carboxylic acids is 1. The molecule has 0 bridgehead atoms. The predicted octanol–water partition coefficient (Wildman–Crippen LogP) is 3.72. The molecule has 1 N–H and O–H groups in total. The number of hydrogen-bond donors (Lipinski definition) is 1. The van der Waals surface area contributed by atoms with Gasteiger partial charge in [-0.2, -0.15) is 21.6 Å². The monoisotopic (exact) mass is 495 g/mol. The fraction of sp³-hybridized carbons (Fsp3) is 0.227. The van der Waals surface area contributed by atoms with E-state index in [9.17, 15) is 31.2 Å². The molecule has 1 saturated heterocycles. The Hall–Kier alpha value is -3.38. The number of benzene rings is 2. The molecular weight excluding hydrogens is 477 g/mol. The van der Waals surface area contributed by atoms with Crippen molar-refractivity contribution in [1.29, 1.82) is 0 Å². The number of nitrogens with one attached hydrogen (secondary N) is 1. The Labute approximate surface area is 192 Å². The van der Waals surface area contributed by atoms with E-state index in [2.05, 4.69) is 11.9 Å². The van der Waals surface area contributed by atoms with Gasteiger partial charge in [0.05, 0.1) is 18.4 Å². The smallest absolute Gasteiger partial charge is 0.417 e. The lowest BCUT2D eigenvalue weighted by Crippen LogP contribution is -2.32. The number of H-pyrrole nitrogens is 1. The van der Waals surface area contributed by atoms with Crippen LogP contribution >= 0.6 is 0 Å². The van der Waals surface area contributed by atoms with Crippen molar-refractivity contribution in [2.24, 2.45) is 0 Å². The number of cyclic esters (lactones) is 1. The van der Waals surface area contributed by atoms with Crippen LogP contribution < -0.4 is 10.5 Å². The number of aromatic nitrogens is 1. The number of alkyl halides is 3. The minimum atomic E-state index is -4.61. The van der Waals surface area contributed by atoms with Crippen LogP contribution in [0.25, 0.3) is 22.0 Å². The molecule has 2 atom stereocenters. The highest BCUT2D eigenvalue weighted by Crippen LogP contribution is 2.37. The van der Waals surface area contributed by atoms with E-state index in [0.717, 1.165) is 12.3 Å². The number of ether oxygens (including phenoxy) is 1. The molecule has 1 amide bonds. The molecule has 34 heavy (non-hydrogen) atoms. The zero-order chi connectivity index (χ0) is 24.8. The molecule has 12 heteroatoms. The third-order valence-corrected chi connectivity index (χ3v) is 5.81. The summed E-state index contributed by atoms with van der Waals surface area (Å²) in [5, 5.41) is 0.500. The third kappa shape index (κ3) is 4.77. The predicted molar refractivity (Wildman–Crippen MR) is 118 cm³/mol. The first-order valence-corrected chi connectivity index (χ1v) is 11.7.